The highest BCUT2D eigenvalue weighted by Crippen LogP contribution is 2.51. The van der Waals surface area contributed by atoms with Gasteiger partial charge in [0.25, 0.3) is 5.91 Å². The quantitative estimate of drug-likeness (QED) is 0.624. The second-order valence-corrected chi connectivity index (χ2v) is 8.74. The molecule has 7 nitrogen and oxygen atoms in total. The monoisotopic (exact) mass is 445 g/mol. The van der Waals surface area contributed by atoms with Gasteiger partial charge in [0.15, 0.2) is 0 Å². The highest BCUT2D eigenvalue weighted by atomic mass is 32.1. The van der Waals surface area contributed by atoms with E-state index in [0.29, 0.717) is 16.1 Å². The molecule has 0 spiro atoms. The fourth-order valence-electron chi connectivity index (χ4n) is 4.84. The number of benzene rings is 2. The van der Waals surface area contributed by atoms with Gasteiger partial charge in [0.05, 0.1) is 28.4 Å². The third-order valence-electron chi connectivity index (χ3n) is 6.09. The number of fused-ring (bicyclic) bond motifs is 1. The van der Waals surface area contributed by atoms with Crippen molar-refractivity contribution in [2.45, 2.75) is 12.1 Å². The number of hydrogen-bond donors (Lipinski definition) is 1. The van der Waals surface area contributed by atoms with E-state index in [1.54, 1.807) is 72.1 Å². The first kappa shape index (κ1) is 20.1. The first-order chi connectivity index (χ1) is 15.5. The lowest BCUT2D eigenvalue weighted by atomic mass is 9.86. The van der Waals surface area contributed by atoms with Crippen LogP contribution in [0.4, 0.5) is 5.69 Å². The second kappa shape index (κ2) is 7.72. The van der Waals surface area contributed by atoms with E-state index >= 15 is 0 Å². The molecule has 3 aromatic rings. The highest BCUT2D eigenvalue weighted by molar-refractivity contribution is 7.12. The number of para-hydroxylation sites is 1. The van der Waals surface area contributed by atoms with Gasteiger partial charge in [0.1, 0.15) is 6.04 Å². The predicted molar refractivity (Wildman–Crippen MR) is 119 cm³/mol. The second-order valence-electron chi connectivity index (χ2n) is 7.79. The Kier molecular flexibility index (Phi) is 4.86. The molecule has 4 unspecified atom stereocenters. The lowest BCUT2D eigenvalue weighted by Crippen LogP contribution is -2.50. The van der Waals surface area contributed by atoms with Crippen molar-refractivity contribution in [3.8, 4) is 0 Å². The molecule has 2 aliphatic rings. The summed E-state index contributed by atoms with van der Waals surface area (Å²) in [6, 6.07) is 19.0. The molecule has 2 saturated heterocycles. The summed E-state index contributed by atoms with van der Waals surface area (Å²) in [5.74, 6) is -4.13. The van der Waals surface area contributed by atoms with Gasteiger partial charge in [-0.05, 0) is 29.1 Å². The third kappa shape index (κ3) is 2.95. The van der Waals surface area contributed by atoms with Crippen molar-refractivity contribution in [3.63, 3.8) is 0 Å². The Morgan fingerprint density at radius 2 is 1.44 bits per heavy atom. The van der Waals surface area contributed by atoms with Crippen molar-refractivity contribution >= 4 is 40.7 Å². The number of nitrogens with two attached hydrogens (primary N) is 1. The molecular weight excluding hydrogens is 426 g/mol. The molecule has 0 radical (unpaired) electrons. The largest absolute Gasteiger partial charge is 0.368 e. The van der Waals surface area contributed by atoms with Crippen LogP contribution in [0, 0.1) is 11.8 Å². The topological polar surface area (TPSA) is 101 Å². The van der Waals surface area contributed by atoms with Gasteiger partial charge in [0, 0.05) is 0 Å². The van der Waals surface area contributed by atoms with Gasteiger partial charge in [-0.15, -0.1) is 11.3 Å². The zero-order chi connectivity index (χ0) is 22.4. The molecule has 0 aliphatic carbocycles. The van der Waals surface area contributed by atoms with Crippen molar-refractivity contribution < 1.29 is 19.2 Å². The Balaban J connectivity index is 1.67. The predicted octanol–water partition coefficient (Wildman–Crippen LogP) is 2.60. The van der Waals surface area contributed by atoms with Crippen LogP contribution in [0.3, 0.4) is 0 Å². The summed E-state index contributed by atoms with van der Waals surface area (Å²) in [7, 11) is 0. The summed E-state index contributed by atoms with van der Waals surface area (Å²) in [4.78, 5) is 56.2. The van der Waals surface area contributed by atoms with Gasteiger partial charge < -0.3 is 10.6 Å². The molecular formula is C24H19N3O4S. The van der Waals surface area contributed by atoms with Crippen LogP contribution in [-0.2, 0) is 14.4 Å². The van der Waals surface area contributed by atoms with Gasteiger partial charge in [-0.2, -0.15) is 0 Å². The summed E-state index contributed by atoms with van der Waals surface area (Å²) in [6.07, 6.45) is 0. The Labute approximate surface area is 188 Å². The Morgan fingerprint density at radius 3 is 2.03 bits per heavy atom. The van der Waals surface area contributed by atoms with Crippen LogP contribution >= 0.6 is 11.3 Å². The SMILES string of the molecule is NC(=O)C1C2C(=O)N(c3ccccc3)C(=O)C2C(c2ccccc2)N1C(=O)c1cccs1. The van der Waals surface area contributed by atoms with Gasteiger partial charge in [-0.3, -0.25) is 19.2 Å². The number of hydrogen-bond acceptors (Lipinski definition) is 5. The van der Waals surface area contributed by atoms with Gasteiger partial charge >= 0.3 is 0 Å². The van der Waals surface area contributed by atoms with Crippen LogP contribution in [0.1, 0.15) is 21.3 Å². The van der Waals surface area contributed by atoms with Crippen LogP contribution < -0.4 is 10.6 Å². The minimum Gasteiger partial charge on any atom is -0.368 e. The third-order valence-corrected chi connectivity index (χ3v) is 6.95. The Hall–Kier alpha value is -3.78. The van der Waals surface area contributed by atoms with E-state index in [0.717, 1.165) is 4.90 Å². The van der Waals surface area contributed by atoms with Crippen LogP contribution in [0.2, 0.25) is 0 Å². The van der Waals surface area contributed by atoms with Gasteiger partial charge in [-0.25, -0.2) is 4.90 Å². The number of rotatable bonds is 4. The number of imide groups is 1. The maximum Gasteiger partial charge on any atom is 0.265 e. The Bertz CT molecular complexity index is 1200. The Morgan fingerprint density at radius 1 is 0.812 bits per heavy atom. The maximum absolute atomic E-state index is 13.6. The molecule has 2 aliphatic heterocycles. The number of carbonyl (C=O) groups is 4. The van der Waals surface area contributed by atoms with Crippen molar-refractivity contribution in [1.82, 2.24) is 4.90 Å². The van der Waals surface area contributed by atoms with E-state index in [1.165, 1.54) is 16.2 Å². The molecule has 0 bridgehead atoms. The molecule has 32 heavy (non-hydrogen) atoms. The molecule has 4 atom stereocenters. The molecule has 2 N–H and O–H groups in total. The van der Waals surface area contributed by atoms with E-state index in [-0.39, 0.29) is 0 Å². The number of thiophene rings is 1. The molecule has 3 heterocycles. The van der Waals surface area contributed by atoms with E-state index in [2.05, 4.69) is 0 Å². The average molecular weight is 446 g/mol. The lowest BCUT2D eigenvalue weighted by Gasteiger charge is -2.32. The zero-order valence-corrected chi connectivity index (χ0v) is 17.6. The normalized spacial score (nSPS) is 24.6. The van der Waals surface area contributed by atoms with Crippen LogP contribution in [0.15, 0.2) is 78.2 Å². The number of primary amides is 1. The van der Waals surface area contributed by atoms with E-state index in [4.69, 9.17) is 5.73 Å². The van der Waals surface area contributed by atoms with Crippen molar-refractivity contribution in [2.75, 3.05) is 4.90 Å². The number of amides is 4. The lowest BCUT2D eigenvalue weighted by molar-refractivity contribution is -0.129. The number of anilines is 1. The van der Waals surface area contributed by atoms with Crippen LogP contribution in [-0.4, -0.2) is 34.6 Å². The molecule has 4 amide bonds. The van der Waals surface area contributed by atoms with E-state index < -0.39 is 47.5 Å². The molecule has 5 rings (SSSR count). The molecule has 2 fully saturated rings. The van der Waals surface area contributed by atoms with Gasteiger partial charge in [0.2, 0.25) is 17.7 Å². The van der Waals surface area contributed by atoms with Gasteiger partial charge in [-0.1, -0.05) is 54.6 Å². The fraction of sp³-hybridized carbons (Fsp3) is 0.167. The first-order valence-electron chi connectivity index (χ1n) is 10.1. The maximum atomic E-state index is 13.6. The minimum atomic E-state index is -1.23. The summed E-state index contributed by atoms with van der Waals surface area (Å²) in [5, 5.41) is 1.76. The molecule has 160 valence electrons. The standard InChI is InChI=1S/C24H19N3O4S/c25-21(28)20-18-17(23(30)26(24(18)31)15-10-5-2-6-11-15)19(14-8-3-1-4-9-14)27(20)22(29)16-12-7-13-32-16/h1-13,17-20H,(H2,25,28). The zero-order valence-electron chi connectivity index (χ0n) is 16.8. The molecule has 8 heteroatoms. The van der Waals surface area contributed by atoms with Crippen molar-refractivity contribution in [1.29, 1.82) is 0 Å². The highest BCUT2D eigenvalue weighted by Gasteiger charge is 2.65. The smallest absolute Gasteiger partial charge is 0.265 e. The minimum absolute atomic E-state index is 0.414. The van der Waals surface area contributed by atoms with E-state index in [1.807, 2.05) is 6.07 Å². The average Bonchev–Trinajstić information content (AvgIpc) is 3.51. The summed E-state index contributed by atoms with van der Waals surface area (Å²) < 4.78 is 0. The number of likely N-dealkylation sites (tertiary alicyclic amines) is 1. The summed E-state index contributed by atoms with van der Waals surface area (Å²) in [5.41, 5.74) is 6.86. The van der Waals surface area contributed by atoms with Crippen molar-refractivity contribution in [3.05, 3.63) is 88.6 Å². The van der Waals surface area contributed by atoms with E-state index in [9.17, 15) is 19.2 Å². The number of nitrogens with zero attached hydrogens (tertiary/aromatic N) is 2. The number of carbonyl (C=O) groups excluding carboxylic acids is 4. The fourth-order valence-corrected chi connectivity index (χ4v) is 5.51. The first-order valence-corrected chi connectivity index (χ1v) is 11.0. The summed E-state index contributed by atoms with van der Waals surface area (Å²) >= 11 is 1.23. The molecule has 1 aromatic heterocycles. The van der Waals surface area contributed by atoms with Crippen LogP contribution in [0.25, 0.3) is 0 Å². The van der Waals surface area contributed by atoms with Crippen LogP contribution in [0.5, 0.6) is 0 Å². The molecule has 2 aromatic carbocycles. The van der Waals surface area contributed by atoms with Crippen molar-refractivity contribution in [2.24, 2.45) is 17.6 Å². The molecule has 0 saturated carbocycles. The summed E-state index contributed by atoms with van der Waals surface area (Å²) in [6.45, 7) is 0.